The number of piperidine rings is 1. The Balaban J connectivity index is 1.40. The predicted molar refractivity (Wildman–Crippen MR) is 97.4 cm³/mol. The first-order valence-electron chi connectivity index (χ1n) is 9.02. The molecule has 5 nitrogen and oxygen atoms in total. The lowest BCUT2D eigenvalue weighted by molar-refractivity contribution is -0.144. The minimum absolute atomic E-state index is 0.121. The summed E-state index contributed by atoms with van der Waals surface area (Å²) >= 11 is 1.75. The Morgan fingerprint density at radius 3 is 2.60 bits per heavy atom. The van der Waals surface area contributed by atoms with E-state index >= 15 is 0 Å². The molecule has 3 aliphatic heterocycles. The number of likely N-dealkylation sites (tertiary alicyclic amines) is 1. The molecule has 0 radical (unpaired) electrons. The molecule has 1 N–H and O–H groups in total. The van der Waals surface area contributed by atoms with Crippen molar-refractivity contribution in [3.63, 3.8) is 0 Å². The largest absolute Gasteiger partial charge is 0.508 e. The molecule has 1 aromatic rings. The average Bonchev–Trinajstić information content (AvgIpc) is 3.11. The van der Waals surface area contributed by atoms with E-state index in [9.17, 15) is 14.7 Å². The van der Waals surface area contributed by atoms with Gasteiger partial charge in [0.15, 0.2) is 0 Å². The second-order valence-electron chi connectivity index (χ2n) is 7.46. The van der Waals surface area contributed by atoms with Crippen molar-refractivity contribution in [2.24, 2.45) is 0 Å². The Bertz CT molecular complexity index is 684. The van der Waals surface area contributed by atoms with E-state index in [4.69, 9.17) is 0 Å². The number of hydrogen-bond acceptors (Lipinski definition) is 4. The van der Waals surface area contributed by atoms with Crippen LogP contribution in [0.2, 0.25) is 0 Å². The average molecular weight is 360 g/mol. The van der Waals surface area contributed by atoms with Gasteiger partial charge < -0.3 is 14.9 Å². The number of carbonyl (C=O) groups is 2. The molecule has 4 rings (SSSR count). The lowest BCUT2D eigenvalue weighted by atomic mass is 9.89. The van der Waals surface area contributed by atoms with Crippen LogP contribution < -0.4 is 0 Å². The fourth-order valence-corrected chi connectivity index (χ4v) is 5.82. The van der Waals surface area contributed by atoms with Gasteiger partial charge in [-0.05, 0) is 49.8 Å². The van der Waals surface area contributed by atoms with E-state index in [1.165, 1.54) is 5.56 Å². The summed E-state index contributed by atoms with van der Waals surface area (Å²) in [5, 5.41) is 9.42. The standard InChI is InChI=1S/C19H24N2O3S/c1-19-9-6-17(23)21(19)16(12-25-19)18(24)20-10-7-14(8-11-20)13-2-4-15(22)5-3-13/h2-5,14,16,22H,6-12H2,1H3/t16-,19+/m0/s1. The molecular weight excluding hydrogens is 336 g/mol. The van der Waals surface area contributed by atoms with Crippen molar-refractivity contribution >= 4 is 23.6 Å². The van der Waals surface area contributed by atoms with E-state index in [-0.39, 0.29) is 28.5 Å². The van der Waals surface area contributed by atoms with Gasteiger partial charge >= 0.3 is 0 Å². The van der Waals surface area contributed by atoms with Gasteiger partial charge in [-0.2, -0.15) is 0 Å². The molecule has 6 heteroatoms. The van der Waals surface area contributed by atoms with Crippen LogP contribution in [0.15, 0.2) is 24.3 Å². The quantitative estimate of drug-likeness (QED) is 0.880. The van der Waals surface area contributed by atoms with Crippen molar-refractivity contribution in [2.45, 2.75) is 49.4 Å². The maximum atomic E-state index is 13.0. The third-order valence-corrected chi connectivity index (χ3v) is 7.41. The number of thioether (sulfide) groups is 1. The van der Waals surface area contributed by atoms with Crippen LogP contribution in [0.5, 0.6) is 5.75 Å². The molecule has 3 fully saturated rings. The van der Waals surface area contributed by atoms with Crippen LogP contribution in [0.25, 0.3) is 0 Å². The molecule has 0 saturated carbocycles. The van der Waals surface area contributed by atoms with Crippen molar-refractivity contribution in [2.75, 3.05) is 18.8 Å². The zero-order chi connectivity index (χ0) is 17.6. The van der Waals surface area contributed by atoms with Crippen LogP contribution in [-0.2, 0) is 9.59 Å². The van der Waals surface area contributed by atoms with Gasteiger partial charge in [0, 0.05) is 25.3 Å². The summed E-state index contributed by atoms with van der Waals surface area (Å²) in [6.07, 6.45) is 3.28. The van der Waals surface area contributed by atoms with E-state index < -0.39 is 0 Å². The summed E-state index contributed by atoms with van der Waals surface area (Å²) in [6.45, 7) is 3.57. The van der Waals surface area contributed by atoms with Crippen LogP contribution in [0, 0.1) is 0 Å². The van der Waals surface area contributed by atoms with Crippen LogP contribution in [0.1, 0.15) is 44.1 Å². The summed E-state index contributed by atoms with van der Waals surface area (Å²) in [7, 11) is 0. The summed E-state index contributed by atoms with van der Waals surface area (Å²) in [4.78, 5) is 28.9. The molecular formula is C19H24N2O3S. The maximum Gasteiger partial charge on any atom is 0.246 e. The molecule has 3 saturated heterocycles. The van der Waals surface area contributed by atoms with Crippen molar-refractivity contribution in [1.82, 2.24) is 9.80 Å². The highest BCUT2D eigenvalue weighted by Gasteiger charge is 2.53. The number of benzene rings is 1. The summed E-state index contributed by atoms with van der Waals surface area (Å²) < 4.78 is 0. The van der Waals surface area contributed by atoms with Crippen LogP contribution in [-0.4, -0.2) is 56.5 Å². The second kappa shape index (κ2) is 6.24. The maximum absolute atomic E-state index is 13.0. The van der Waals surface area contributed by atoms with E-state index in [1.807, 2.05) is 21.9 Å². The fraction of sp³-hybridized carbons (Fsp3) is 0.579. The third kappa shape index (κ3) is 2.90. The summed E-state index contributed by atoms with van der Waals surface area (Å²) in [6, 6.07) is 7.11. The molecule has 0 spiro atoms. The predicted octanol–water partition coefficient (Wildman–Crippen LogP) is 2.55. The van der Waals surface area contributed by atoms with Gasteiger partial charge in [-0.25, -0.2) is 0 Å². The molecule has 3 aliphatic rings. The number of carbonyl (C=O) groups excluding carboxylic acids is 2. The topological polar surface area (TPSA) is 60.9 Å². The van der Waals surface area contributed by atoms with Crippen LogP contribution in [0.4, 0.5) is 0 Å². The Hall–Kier alpha value is -1.69. The van der Waals surface area contributed by atoms with Crippen molar-refractivity contribution < 1.29 is 14.7 Å². The lowest BCUT2D eigenvalue weighted by Gasteiger charge is -2.36. The summed E-state index contributed by atoms with van der Waals surface area (Å²) in [5.74, 6) is 1.69. The van der Waals surface area contributed by atoms with E-state index in [1.54, 1.807) is 23.9 Å². The molecule has 134 valence electrons. The molecule has 1 aromatic carbocycles. The molecule has 0 unspecified atom stereocenters. The lowest BCUT2D eigenvalue weighted by Crippen LogP contribution is -2.52. The second-order valence-corrected chi connectivity index (χ2v) is 8.96. The highest BCUT2D eigenvalue weighted by atomic mass is 32.2. The van der Waals surface area contributed by atoms with Crippen LogP contribution >= 0.6 is 11.8 Å². The minimum atomic E-state index is -0.282. The molecule has 25 heavy (non-hydrogen) atoms. The number of amides is 2. The highest BCUT2D eigenvalue weighted by molar-refractivity contribution is 8.01. The number of rotatable bonds is 2. The first-order valence-corrected chi connectivity index (χ1v) is 10.0. The van der Waals surface area contributed by atoms with Gasteiger partial charge in [-0.1, -0.05) is 12.1 Å². The number of phenolic OH excluding ortho intramolecular Hbond substituents is 1. The zero-order valence-corrected chi connectivity index (χ0v) is 15.3. The monoisotopic (exact) mass is 360 g/mol. The smallest absolute Gasteiger partial charge is 0.246 e. The summed E-state index contributed by atoms with van der Waals surface area (Å²) in [5.41, 5.74) is 1.23. The first-order chi connectivity index (χ1) is 12.0. The van der Waals surface area contributed by atoms with Crippen molar-refractivity contribution in [3.8, 4) is 5.75 Å². The zero-order valence-electron chi connectivity index (χ0n) is 14.5. The SMILES string of the molecule is C[C@@]12CCC(=O)N1[C@H](C(=O)N1CCC(c3ccc(O)cc3)CC1)CS2. The van der Waals surface area contributed by atoms with E-state index in [2.05, 4.69) is 6.92 Å². The third-order valence-electron chi connectivity index (χ3n) is 5.90. The Kier molecular flexibility index (Phi) is 4.18. The Labute approximate surface area is 152 Å². The Morgan fingerprint density at radius 1 is 1.24 bits per heavy atom. The number of nitrogens with zero attached hydrogens (tertiary/aromatic N) is 2. The van der Waals surface area contributed by atoms with Gasteiger partial charge in [0.25, 0.3) is 0 Å². The molecule has 0 aliphatic carbocycles. The van der Waals surface area contributed by atoms with E-state index in [0.29, 0.717) is 12.3 Å². The van der Waals surface area contributed by atoms with Gasteiger partial charge in [0.1, 0.15) is 11.8 Å². The highest BCUT2D eigenvalue weighted by Crippen LogP contribution is 2.47. The van der Waals surface area contributed by atoms with Gasteiger partial charge in [-0.3, -0.25) is 9.59 Å². The first kappa shape index (κ1) is 16.8. The number of hydrogen-bond donors (Lipinski definition) is 1. The van der Waals surface area contributed by atoms with Gasteiger partial charge in [-0.15, -0.1) is 11.8 Å². The van der Waals surface area contributed by atoms with Gasteiger partial charge in [0.05, 0.1) is 4.87 Å². The molecule has 0 aromatic heterocycles. The molecule has 0 bridgehead atoms. The number of fused-ring (bicyclic) bond motifs is 1. The fourth-order valence-electron chi connectivity index (χ4n) is 4.39. The normalized spacial score (nSPS) is 30.0. The molecule has 2 amide bonds. The minimum Gasteiger partial charge on any atom is -0.508 e. The number of aromatic hydroxyl groups is 1. The van der Waals surface area contributed by atoms with Crippen molar-refractivity contribution in [1.29, 1.82) is 0 Å². The Morgan fingerprint density at radius 2 is 1.92 bits per heavy atom. The van der Waals surface area contributed by atoms with Crippen LogP contribution in [0.3, 0.4) is 0 Å². The molecule has 2 atom stereocenters. The van der Waals surface area contributed by atoms with Crippen molar-refractivity contribution in [3.05, 3.63) is 29.8 Å². The number of phenols is 1. The molecule has 3 heterocycles. The van der Waals surface area contributed by atoms with E-state index in [0.717, 1.165) is 38.1 Å². The van der Waals surface area contributed by atoms with Gasteiger partial charge in [0.2, 0.25) is 11.8 Å².